The van der Waals surface area contributed by atoms with Gasteiger partial charge in [0.15, 0.2) is 0 Å². The number of nitriles is 1. The van der Waals surface area contributed by atoms with E-state index in [0.717, 1.165) is 18.4 Å². The molecule has 3 rings (SSSR count). The standard InChI is InChI=1S/C17H16N2/c18-11-15(19)10-12-5-8-17-14(9-12)7-6-13-3-1-2-4-16(13)17/h1-5,8-9,15H,6-7,10,19H2/t15-/m0/s1. The summed E-state index contributed by atoms with van der Waals surface area (Å²) in [6, 6.07) is 16.7. The fourth-order valence-electron chi connectivity index (χ4n) is 2.81. The predicted molar refractivity (Wildman–Crippen MR) is 76.6 cm³/mol. The highest BCUT2D eigenvalue weighted by Crippen LogP contribution is 2.33. The van der Waals surface area contributed by atoms with Crippen molar-refractivity contribution in [2.45, 2.75) is 25.3 Å². The normalized spacial score (nSPS) is 14.1. The molecule has 0 saturated heterocycles. The monoisotopic (exact) mass is 248 g/mol. The van der Waals surface area contributed by atoms with E-state index in [1.54, 1.807) is 0 Å². The molecule has 1 atom stereocenters. The van der Waals surface area contributed by atoms with E-state index in [1.807, 2.05) is 0 Å². The van der Waals surface area contributed by atoms with Gasteiger partial charge >= 0.3 is 0 Å². The van der Waals surface area contributed by atoms with Crippen LogP contribution in [0.15, 0.2) is 42.5 Å². The minimum atomic E-state index is -0.408. The molecular weight excluding hydrogens is 232 g/mol. The molecule has 2 aromatic carbocycles. The molecule has 0 bridgehead atoms. The zero-order valence-electron chi connectivity index (χ0n) is 10.8. The van der Waals surface area contributed by atoms with Gasteiger partial charge in [0.2, 0.25) is 0 Å². The smallest absolute Gasteiger partial charge is 0.0968 e. The number of aryl methyl sites for hydroxylation is 2. The number of fused-ring (bicyclic) bond motifs is 3. The third-order valence-corrected chi connectivity index (χ3v) is 3.76. The van der Waals surface area contributed by atoms with Gasteiger partial charge in [-0.2, -0.15) is 5.26 Å². The number of hydrogen-bond donors (Lipinski definition) is 1. The number of benzene rings is 2. The molecule has 2 nitrogen and oxygen atoms in total. The zero-order chi connectivity index (χ0) is 13.2. The van der Waals surface area contributed by atoms with Crippen molar-refractivity contribution in [1.29, 1.82) is 5.26 Å². The van der Waals surface area contributed by atoms with Gasteiger partial charge in [0.1, 0.15) is 0 Å². The average Bonchev–Trinajstić information content (AvgIpc) is 2.46. The van der Waals surface area contributed by atoms with Crippen molar-refractivity contribution < 1.29 is 0 Å². The molecule has 1 aliphatic carbocycles. The fraction of sp³-hybridized carbons (Fsp3) is 0.235. The van der Waals surface area contributed by atoms with Crippen molar-refractivity contribution in [3.63, 3.8) is 0 Å². The van der Waals surface area contributed by atoms with Crippen LogP contribution in [-0.4, -0.2) is 6.04 Å². The quantitative estimate of drug-likeness (QED) is 0.888. The van der Waals surface area contributed by atoms with Crippen molar-refractivity contribution in [1.82, 2.24) is 0 Å². The van der Waals surface area contributed by atoms with Gasteiger partial charge in [-0.25, -0.2) is 0 Å². The van der Waals surface area contributed by atoms with E-state index in [9.17, 15) is 0 Å². The lowest BCUT2D eigenvalue weighted by molar-refractivity contribution is 0.819. The van der Waals surface area contributed by atoms with Crippen molar-refractivity contribution >= 4 is 0 Å². The molecule has 1 aliphatic rings. The Bertz CT molecular complexity index is 653. The van der Waals surface area contributed by atoms with Crippen LogP contribution in [-0.2, 0) is 19.3 Å². The van der Waals surface area contributed by atoms with Crippen LogP contribution in [0.1, 0.15) is 16.7 Å². The highest BCUT2D eigenvalue weighted by atomic mass is 14.6. The molecular formula is C17H16N2. The summed E-state index contributed by atoms with van der Waals surface area (Å²) in [5, 5.41) is 8.79. The first kappa shape index (κ1) is 12.0. The third-order valence-electron chi connectivity index (χ3n) is 3.76. The molecule has 0 saturated carbocycles. The Morgan fingerprint density at radius 2 is 1.79 bits per heavy atom. The van der Waals surface area contributed by atoms with Gasteiger partial charge in [0, 0.05) is 6.42 Å². The maximum absolute atomic E-state index is 8.79. The molecule has 0 heterocycles. The summed E-state index contributed by atoms with van der Waals surface area (Å²) in [5.74, 6) is 0. The van der Waals surface area contributed by atoms with Crippen LogP contribution in [0.25, 0.3) is 11.1 Å². The van der Waals surface area contributed by atoms with Gasteiger partial charge < -0.3 is 5.73 Å². The summed E-state index contributed by atoms with van der Waals surface area (Å²) < 4.78 is 0. The molecule has 19 heavy (non-hydrogen) atoms. The van der Waals surface area contributed by atoms with Crippen molar-refractivity contribution in [3.8, 4) is 17.2 Å². The lowest BCUT2D eigenvalue weighted by Crippen LogP contribution is -2.20. The lowest BCUT2D eigenvalue weighted by atomic mass is 9.84. The molecule has 0 amide bonds. The van der Waals surface area contributed by atoms with Gasteiger partial charge in [0.25, 0.3) is 0 Å². The Morgan fingerprint density at radius 3 is 2.63 bits per heavy atom. The van der Waals surface area contributed by atoms with E-state index in [1.165, 1.54) is 22.3 Å². The van der Waals surface area contributed by atoms with Crippen LogP contribution >= 0.6 is 0 Å². The molecule has 2 heteroatoms. The fourth-order valence-corrected chi connectivity index (χ4v) is 2.81. The van der Waals surface area contributed by atoms with E-state index >= 15 is 0 Å². The first-order valence-corrected chi connectivity index (χ1v) is 6.63. The molecule has 0 aliphatic heterocycles. The lowest BCUT2D eigenvalue weighted by Gasteiger charge is -2.20. The largest absolute Gasteiger partial charge is 0.316 e. The number of nitrogens with zero attached hydrogens (tertiary/aromatic N) is 1. The van der Waals surface area contributed by atoms with Crippen LogP contribution in [0, 0.1) is 11.3 Å². The molecule has 2 aromatic rings. The van der Waals surface area contributed by atoms with E-state index in [4.69, 9.17) is 11.0 Å². The second-order valence-electron chi connectivity index (χ2n) is 5.09. The molecule has 94 valence electrons. The summed E-state index contributed by atoms with van der Waals surface area (Å²) in [5.41, 5.74) is 12.3. The van der Waals surface area contributed by atoms with Gasteiger partial charge in [-0.1, -0.05) is 42.5 Å². The Balaban J connectivity index is 1.99. The summed E-state index contributed by atoms with van der Waals surface area (Å²) in [7, 11) is 0. The van der Waals surface area contributed by atoms with Crippen LogP contribution in [0.3, 0.4) is 0 Å². The molecule has 0 spiro atoms. The molecule has 2 N–H and O–H groups in total. The summed E-state index contributed by atoms with van der Waals surface area (Å²) >= 11 is 0. The molecule has 0 unspecified atom stereocenters. The average molecular weight is 248 g/mol. The predicted octanol–water partition coefficient (Wildman–Crippen LogP) is 2.85. The highest BCUT2D eigenvalue weighted by Gasteiger charge is 2.16. The highest BCUT2D eigenvalue weighted by molar-refractivity contribution is 5.73. The minimum absolute atomic E-state index is 0.408. The van der Waals surface area contributed by atoms with E-state index in [0.29, 0.717) is 6.42 Å². The molecule has 0 fully saturated rings. The number of hydrogen-bond acceptors (Lipinski definition) is 2. The van der Waals surface area contributed by atoms with Crippen LogP contribution in [0.4, 0.5) is 0 Å². The Morgan fingerprint density at radius 1 is 1.05 bits per heavy atom. The second-order valence-corrected chi connectivity index (χ2v) is 5.09. The van der Waals surface area contributed by atoms with E-state index in [2.05, 4.69) is 48.5 Å². The second kappa shape index (κ2) is 4.87. The van der Waals surface area contributed by atoms with Crippen LogP contribution in [0.2, 0.25) is 0 Å². The van der Waals surface area contributed by atoms with Crippen molar-refractivity contribution in [2.75, 3.05) is 0 Å². The maximum atomic E-state index is 8.79. The minimum Gasteiger partial charge on any atom is -0.316 e. The first-order chi connectivity index (χ1) is 9.28. The maximum Gasteiger partial charge on any atom is 0.0968 e. The Kier molecular flexibility index (Phi) is 3.06. The van der Waals surface area contributed by atoms with Gasteiger partial charge in [-0.3, -0.25) is 0 Å². The third kappa shape index (κ3) is 2.25. The molecule has 0 radical (unpaired) electrons. The first-order valence-electron chi connectivity index (χ1n) is 6.63. The SMILES string of the molecule is N#C[C@@H](N)Cc1ccc2c(c1)CCc1ccccc1-2. The Hall–Kier alpha value is -2.11. The van der Waals surface area contributed by atoms with Crippen LogP contribution < -0.4 is 5.73 Å². The van der Waals surface area contributed by atoms with Crippen LogP contribution in [0.5, 0.6) is 0 Å². The number of rotatable bonds is 2. The van der Waals surface area contributed by atoms with Gasteiger partial charge in [-0.05, 0) is 40.7 Å². The summed E-state index contributed by atoms with van der Waals surface area (Å²) in [6.07, 6.45) is 2.80. The molecule has 0 aromatic heterocycles. The zero-order valence-corrected chi connectivity index (χ0v) is 10.8. The number of nitrogens with two attached hydrogens (primary N) is 1. The van der Waals surface area contributed by atoms with Gasteiger partial charge in [-0.15, -0.1) is 0 Å². The van der Waals surface area contributed by atoms with E-state index in [-0.39, 0.29) is 0 Å². The van der Waals surface area contributed by atoms with Crippen molar-refractivity contribution in [3.05, 3.63) is 59.2 Å². The Labute approximate surface area is 113 Å². The topological polar surface area (TPSA) is 49.8 Å². The van der Waals surface area contributed by atoms with E-state index < -0.39 is 6.04 Å². The summed E-state index contributed by atoms with van der Waals surface area (Å²) in [6.45, 7) is 0. The van der Waals surface area contributed by atoms with Gasteiger partial charge in [0.05, 0.1) is 12.1 Å². The van der Waals surface area contributed by atoms with Crippen molar-refractivity contribution in [2.24, 2.45) is 5.73 Å². The summed E-state index contributed by atoms with van der Waals surface area (Å²) in [4.78, 5) is 0.